The zero-order valence-electron chi connectivity index (χ0n) is 19.5. The number of H-pyrrole nitrogens is 1. The number of aromatic nitrogens is 4. The minimum absolute atomic E-state index is 0.0120. The third kappa shape index (κ3) is 4.50. The highest BCUT2D eigenvalue weighted by molar-refractivity contribution is 6.74. The summed E-state index contributed by atoms with van der Waals surface area (Å²) in [7, 11) is -2.33. The first-order valence-corrected chi connectivity index (χ1v) is 13.6. The minimum atomic E-state index is -2.33. The molecule has 1 amide bonds. The Morgan fingerprint density at radius 3 is 2.62 bits per heavy atom. The quantitative estimate of drug-likeness (QED) is 0.465. The van der Waals surface area contributed by atoms with Crippen LogP contribution in [0.5, 0.6) is 0 Å². The fourth-order valence-electron chi connectivity index (χ4n) is 3.17. The molecule has 0 bridgehead atoms. The molecule has 4 N–H and O–H groups in total. The van der Waals surface area contributed by atoms with Crippen molar-refractivity contribution < 1.29 is 24.2 Å². The van der Waals surface area contributed by atoms with E-state index < -0.39 is 45.0 Å². The lowest BCUT2D eigenvalue weighted by molar-refractivity contribution is -0.118. The van der Waals surface area contributed by atoms with Gasteiger partial charge in [0.25, 0.3) is 5.56 Å². The molecule has 1 aliphatic rings. The van der Waals surface area contributed by atoms with Crippen LogP contribution in [-0.4, -0.2) is 68.9 Å². The second-order valence-corrected chi connectivity index (χ2v) is 14.7. The minimum Gasteiger partial charge on any atom is -0.407 e. The van der Waals surface area contributed by atoms with Crippen LogP contribution in [0.1, 0.15) is 40.8 Å². The molecule has 12 heteroatoms. The first kappa shape index (κ1) is 24.5. The number of rotatable bonds is 6. The number of ether oxygens (including phenoxy) is 1. The van der Waals surface area contributed by atoms with Gasteiger partial charge in [-0.3, -0.25) is 24.5 Å². The summed E-state index contributed by atoms with van der Waals surface area (Å²) in [5.41, 5.74) is -0.288. The van der Waals surface area contributed by atoms with Crippen LogP contribution >= 0.6 is 0 Å². The summed E-state index contributed by atoms with van der Waals surface area (Å²) in [6, 6.07) is 0. The van der Waals surface area contributed by atoms with Gasteiger partial charge in [-0.05, 0) is 18.1 Å². The van der Waals surface area contributed by atoms with Gasteiger partial charge in [0.15, 0.2) is 25.7 Å². The highest BCUT2D eigenvalue weighted by atomic mass is 28.4. The monoisotopic (exact) mass is 467 g/mol. The van der Waals surface area contributed by atoms with Gasteiger partial charge in [-0.25, -0.2) is 4.98 Å². The number of aliphatic hydroxyl groups is 2. The zero-order valence-corrected chi connectivity index (χ0v) is 20.5. The Balaban J connectivity index is 2.05. The van der Waals surface area contributed by atoms with Gasteiger partial charge in [-0.15, -0.1) is 0 Å². The number of anilines is 1. The normalized spacial score (nSPS) is 24.4. The van der Waals surface area contributed by atoms with E-state index in [9.17, 15) is 19.8 Å². The van der Waals surface area contributed by atoms with Gasteiger partial charge >= 0.3 is 0 Å². The number of nitrogens with zero attached hydrogens (tertiary/aromatic N) is 3. The molecule has 2 aromatic rings. The van der Waals surface area contributed by atoms with Crippen molar-refractivity contribution >= 4 is 31.3 Å². The molecule has 0 radical (unpaired) electrons. The van der Waals surface area contributed by atoms with E-state index in [1.807, 2.05) is 0 Å². The van der Waals surface area contributed by atoms with E-state index in [0.717, 1.165) is 0 Å². The second-order valence-electron chi connectivity index (χ2n) is 9.96. The summed E-state index contributed by atoms with van der Waals surface area (Å²) in [4.78, 5) is 35.6. The van der Waals surface area contributed by atoms with E-state index in [4.69, 9.17) is 9.16 Å². The molecular weight excluding hydrogens is 434 g/mol. The van der Waals surface area contributed by atoms with Gasteiger partial charge in [0.1, 0.15) is 18.3 Å². The number of hydrogen-bond donors (Lipinski definition) is 4. The van der Waals surface area contributed by atoms with Crippen molar-refractivity contribution in [3.8, 4) is 0 Å². The lowest BCUT2D eigenvalue weighted by Gasteiger charge is -2.40. The number of fused-ring (bicyclic) bond motifs is 1. The Morgan fingerprint density at radius 2 is 2.06 bits per heavy atom. The van der Waals surface area contributed by atoms with Crippen LogP contribution < -0.4 is 10.9 Å². The molecule has 32 heavy (non-hydrogen) atoms. The second kappa shape index (κ2) is 8.67. The smallest absolute Gasteiger partial charge is 0.280 e. The molecule has 1 saturated heterocycles. The fraction of sp³-hybridized carbons (Fsp3) is 0.700. The predicted octanol–water partition coefficient (Wildman–Crippen LogP) is 1.36. The van der Waals surface area contributed by atoms with Crippen LogP contribution in [0.25, 0.3) is 11.2 Å². The van der Waals surface area contributed by atoms with Crippen molar-refractivity contribution in [3.63, 3.8) is 0 Å². The van der Waals surface area contributed by atoms with Crippen LogP contribution in [0.3, 0.4) is 0 Å². The Morgan fingerprint density at radius 1 is 1.41 bits per heavy atom. The Bertz CT molecular complexity index is 1040. The molecule has 1 aliphatic heterocycles. The summed E-state index contributed by atoms with van der Waals surface area (Å²) < 4.78 is 13.9. The summed E-state index contributed by atoms with van der Waals surface area (Å²) in [5, 5.41) is 23.0. The average molecular weight is 468 g/mol. The van der Waals surface area contributed by atoms with E-state index in [-0.39, 0.29) is 34.0 Å². The van der Waals surface area contributed by atoms with E-state index in [2.05, 4.69) is 54.1 Å². The largest absolute Gasteiger partial charge is 0.407 e. The predicted molar refractivity (Wildman–Crippen MR) is 121 cm³/mol. The highest BCUT2D eigenvalue weighted by Crippen LogP contribution is 2.42. The molecule has 0 saturated carbocycles. The maximum Gasteiger partial charge on any atom is 0.280 e. The van der Waals surface area contributed by atoms with Crippen LogP contribution in [-0.2, 0) is 14.0 Å². The Labute approximate surface area is 187 Å². The van der Waals surface area contributed by atoms with Gasteiger partial charge in [-0.2, -0.15) is 4.98 Å². The zero-order chi connectivity index (χ0) is 24.0. The van der Waals surface area contributed by atoms with E-state index in [1.165, 1.54) is 10.9 Å². The van der Waals surface area contributed by atoms with E-state index in [0.29, 0.717) is 0 Å². The molecule has 4 atom stereocenters. The van der Waals surface area contributed by atoms with Gasteiger partial charge in [-0.1, -0.05) is 34.6 Å². The number of carbonyl (C=O) groups excluding carboxylic acids is 1. The van der Waals surface area contributed by atoms with Crippen LogP contribution in [0.4, 0.5) is 5.95 Å². The van der Waals surface area contributed by atoms with Gasteiger partial charge in [0.05, 0.1) is 12.9 Å². The van der Waals surface area contributed by atoms with Gasteiger partial charge in [0, 0.05) is 5.92 Å². The van der Waals surface area contributed by atoms with Crippen molar-refractivity contribution in [2.45, 2.75) is 77.3 Å². The van der Waals surface area contributed by atoms with Gasteiger partial charge in [0.2, 0.25) is 11.9 Å². The standard InChI is InChI=1S/C20H33N5O6Si/c1-10(2)16(28)23-19-22-15-12(17(29)24-19)21-9-25(15)18-14(13(27)11(8-26)30-18)31-32(6,7)20(3,4)5/h9-11,13-14,18,26-27H,8H2,1-7H3,(H2,22,23,24,28,29)/t11-,13?,14+,18-/m1/s1. The summed E-state index contributed by atoms with van der Waals surface area (Å²) in [5.74, 6) is -0.616. The molecule has 11 nitrogen and oxygen atoms in total. The fourth-order valence-corrected chi connectivity index (χ4v) is 4.46. The summed E-state index contributed by atoms with van der Waals surface area (Å²) >= 11 is 0. The molecule has 0 spiro atoms. The number of hydrogen-bond acceptors (Lipinski definition) is 8. The molecule has 3 heterocycles. The molecule has 178 valence electrons. The van der Waals surface area contributed by atoms with Crippen molar-refractivity contribution in [2.24, 2.45) is 5.92 Å². The number of nitrogens with one attached hydrogen (secondary N) is 2. The van der Waals surface area contributed by atoms with Crippen LogP contribution in [0.15, 0.2) is 11.1 Å². The number of carbonyl (C=O) groups is 1. The van der Waals surface area contributed by atoms with E-state index in [1.54, 1.807) is 13.8 Å². The van der Waals surface area contributed by atoms with Crippen molar-refractivity contribution in [3.05, 3.63) is 16.7 Å². The molecular formula is C20H33N5O6Si. The lowest BCUT2D eigenvalue weighted by Crippen LogP contribution is -2.48. The highest BCUT2D eigenvalue weighted by Gasteiger charge is 2.50. The molecule has 0 aromatic carbocycles. The van der Waals surface area contributed by atoms with Crippen LogP contribution in [0.2, 0.25) is 18.1 Å². The maximum absolute atomic E-state index is 12.5. The third-order valence-electron chi connectivity index (χ3n) is 6.20. The topological polar surface area (TPSA) is 152 Å². The van der Waals surface area contributed by atoms with Gasteiger partial charge < -0.3 is 19.4 Å². The number of imidazole rings is 1. The number of aromatic amines is 1. The maximum atomic E-state index is 12.5. The summed E-state index contributed by atoms with van der Waals surface area (Å²) in [6.07, 6.45) is -2.24. The lowest BCUT2D eigenvalue weighted by atomic mass is 10.1. The number of amides is 1. The molecule has 3 rings (SSSR count). The Hall–Kier alpha value is -2.12. The summed E-state index contributed by atoms with van der Waals surface area (Å²) in [6.45, 7) is 13.4. The van der Waals surface area contributed by atoms with E-state index >= 15 is 0 Å². The Kier molecular flexibility index (Phi) is 6.64. The third-order valence-corrected chi connectivity index (χ3v) is 10.7. The molecule has 0 aliphatic carbocycles. The first-order chi connectivity index (χ1) is 14.8. The van der Waals surface area contributed by atoms with Crippen molar-refractivity contribution in [2.75, 3.05) is 11.9 Å². The average Bonchev–Trinajstić information content (AvgIpc) is 3.22. The molecule has 2 aromatic heterocycles. The number of aliphatic hydroxyl groups excluding tert-OH is 2. The van der Waals surface area contributed by atoms with Crippen LogP contribution in [0, 0.1) is 5.92 Å². The molecule has 1 unspecified atom stereocenters. The molecule has 1 fully saturated rings. The van der Waals surface area contributed by atoms with Crippen molar-refractivity contribution in [1.82, 2.24) is 19.5 Å². The SMILES string of the molecule is CC(C)C(=O)Nc1nc2c(ncn2[C@@H]2O[C@H](CO)C(O)[C@@H]2O[Si](C)(C)C(C)(C)C)c(=O)[nH]1. The first-order valence-electron chi connectivity index (χ1n) is 10.7. The van der Waals surface area contributed by atoms with Crippen molar-refractivity contribution in [1.29, 1.82) is 0 Å².